The van der Waals surface area contributed by atoms with Crippen molar-refractivity contribution in [3.05, 3.63) is 70.0 Å². The summed E-state index contributed by atoms with van der Waals surface area (Å²) < 4.78 is 94.1. The first-order chi connectivity index (χ1) is 18.0. The van der Waals surface area contributed by atoms with E-state index in [0.29, 0.717) is 23.3 Å². The molecule has 3 rings (SSSR count). The fourth-order valence-corrected chi connectivity index (χ4v) is 4.72. The van der Waals surface area contributed by atoms with Gasteiger partial charge in [0.15, 0.2) is 0 Å². The van der Waals surface area contributed by atoms with Crippen LogP contribution in [0.15, 0.2) is 36.4 Å². The zero-order valence-electron chi connectivity index (χ0n) is 21.3. The van der Waals surface area contributed by atoms with Crippen molar-refractivity contribution in [1.29, 1.82) is 0 Å². The fourth-order valence-electron chi connectivity index (χ4n) is 4.72. The van der Waals surface area contributed by atoms with Crippen molar-refractivity contribution in [2.75, 3.05) is 20.2 Å². The van der Waals surface area contributed by atoms with Crippen LogP contribution >= 0.6 is 0 Å². The number of alkyl halides is 6. The lowest BCUT2D eigenvalue weighted by Crippen LogP contribution is -2.52. The molecule has 3 atom stereocenters. The largest absolute Gasteiger partial charge is 0.416 e. The molecule has 3 amide bonds. The number of aryl methyl sites for hydroxylation is 1. The summed E-state index contributed by atoms with van der Waals surface area (Å²) in [5.41, 5.74) is -2.25. The molecule has 0 bridgehead atoms. The van der Waals surface area contributed by atoms with Crippen LogP contribution in [0.4, 0.5) is 35.5 Å². The molecule has 0 spiro atoms. The van der Waals surface area contributed by atoms with Crippen LogP contribution in [0.2, 0.25) is 0 Å². The number of piperidine rings is 1. The maximum absolute atomic E-state index is 13.8. The Morgan fingerprint density at radius 1 is 1.08 bits per heavy atom. The van der Waals surface area contributed by atoms with Crippen LogP contribution in [0.25, 0.3) is 0 Å². The molecule has 0 saturated carbocycles. The Morgan fingerprint density at radius 3 is 2.18 bits per heavy atom. The second-order valence-electron chi connectivity index (χ2n) is 9.57. The zero-order valence-corrected chi connectivity index (χ0v) is 21.3. The number of aliphatic hydroxyl groups excluding tert-OH is 1. The number of carbonyl (C=O) groups is 2. The van der Waals surface area contributed by atoms with E-state index in [9.17, 15) is 40.3 Å². The van der Waals surface area contributed by atoms with Crippen LogP contribution in [0.3, 0.4) is 0 Å². The van der Waals surface area contributed by atoms with Gasteiger partial charge in [-0.25, -0.2) is 9.18 Å². The molecule has 0 unspecified atom stereocenters. The van der Waals surface area contributed by atoms with Crippen molar-refractivity contribution in [2.45, 2.75) is 57.2 Å². The molecule has 214 valence electrons. The van der Waals surface area contributed by atoms with Crippen molar-refractivity contribution in [2.24, 2.45) is 0 Å². The summed E-state index contributed by atoms with van der Waals surface area (Å²) >= 11 is 0. The van der Waals surface area contributed by atoms with E-state index in [1.54, 1.807) is 6.92 Å². The number of nitrogens with one attached hydrogen (secondary N) is 1. The number of urea groups is 1. The van der Waals surface area contributed by atoms with E-state index >= 15 is 0 Å². The Kier molecular flexibility index (Phi) is 8.83. The van der Waals surface area contributed by atoms with Crippen LogP contribution in [-0.4, -0.2) is 53.1 Å². The normalized spacial score (nSPS) is 19.0. The maximum Gasteiger partial charge on any atom is 0.416 e. The number of carbonyl (C=O) groups excluding carboxylic acids is 2. The highest BCUT2D eigenvalue weighted by Gasteiger charge is 2.39. The monoisotopic (exact) mass is 563 g/mol. The summed E-state index contributed by atoms with van der Waals surface area (Å²) in [6, 6.07) is 2.16. The summed E-state index contributed by atoms with van der Waals surface area (Å²) in [7, 11) is 1.27. The Morgan fingerprint density at radius 2 is 1.67 bits per heavy atom. The average molecular weight is 564 g/mol. The Bertz CT molecular complexity index is 1180. The summed E-state index contributed by atoms with van der Waals surface area (Å²) in [6.07, 6.45) is -9.61. The molecular weight excluding hydrogens is 535 g/mol. The van der Waals surface area contributed by atoms with E-state index in [1.165, 1.54) is 37.1 Å². The Hall–Kier alpha value is -3.35. The van der Waals surface area contributed by atoms with E-state index in [-0.39, 0.29) is 31.0 Å². The first-order valence-electron chi connectivity index (χ1n) is 12.0. The van der Waals surface area contributed by atoms with E-state index in [1.807, 2.05) is 0 Å². The lowest BCUT2D eigenvalue weighted by molar-refractivity contribution is -0.143. The summed E-state index contributed by atoms with van der Waals surface area (Å²) in [5, 5.41) is 11.7. The third kappa shape index (κ3) is 7.00. The molecule has 2 aromatic rings. The third-order valence-corrected chi connectivity index (χ3v) is 6.92. The van der Waals surface area contributed by atoms with E-state index in [4.69, 9.17) is 5.11 Å². The molecule has 1 saturated heterocycles. The van der Waals surface area contributed by atoms with Gasteiger partial charge >= 0.3 is 18.4 Å². The van der Waals surface area contributed by atoms with Gasteiger partial charge in [0.05, 0.1) is 23.2 Å². The van der Waals surface area contributed by atoms with Crippen LogP contribution in [0, 0.1) is 12.7 Å². The van der Waals surface area contributed by atoms with Gasteiger partial charge in [-0.3, -0.25) is 4.79 Å². The first-order valence-corrected chi connectivity index (χ1v) is 12.0. The molecule has 0 aliphatic carbocycles. The number of halogens is 7. The smallest absolute Gasteiger partial charge is 0.387 e. The second-order valence-corrected chi connectivity index (χ2v) is 9.57. The van der Waals surface area contributed by atoms with Gasteiger partial charge in [0, 0.05) is 19.6 Å². The molecular formula is C26H28F7N3O3. The van der Waals surface area contributed by atoms with Gasteiger partial charge in [0.1, 0.15) is 12.4 Å². The minimum absolute atomic E-state index is 0.0246. The van der Waals surface area contributed by atoms with E-state index in [0.717, 1.165) is 4.90 Å². The molecule has 1 aliphatic heterocycles. The first kappa shape index (κ1) is 30.2. The average Bonchev–Trinajstić information content (AvgIpc) is 2.86. The van der Waals surface area contributed by atoms with Crippen molar-refractivity contribution in [1.82, 2.24) is 15.1 Å². The van der Waals surface area contributed by atoms with Crippen LogP contribution < -0.4 is 5.32 Å². The number of benzene rings is 2. The molecule has 1 heterocycles. The molecule has 2 aromatic carbocycles. The number of likely N-dealkylation sites (tertiary alicyclic amines) is 1. The van der Waals surface area contributed by atoms with Gasteiger partial charge in [0.2, 0.25) is 5.91 Å². The topological polar surface area (TPSA) is 72.9 Å². The predicted octanol–water partition coefficient (Wildman–Crippen LogP) is 5.60. The quantitative estimate of drug-likeness (QED) is 0.466. The van der Waals surface area contributed by atoms with Gasteiger partial charge in [-0.15, -0.1) is 0 Å². The lowest BCUT2D eigenvalue weighted by Gasteiger charge is -2.43. The van der Waals surface area contributed by atoms with Crippen LogP contribution in [0.1, 0.15) is 59.7 Å². The van der Waals surface area contributed by atoms with E-state index in [2.05, 4.69) is 5.32 Å². The maximum atomic E-state index is 13.8. The predicted molar refractivity (Wildman–Crippen MR) is 127 cm³/mol. The fraction of sp³-hybridized carbons (Fsp3) is 0.462. The Labute approximate surface area is 220 Å². The van der Waals surface area contributed by atoms with Gasteiger partial charge < -0.3 is 20.2 Å². The molecule has 2 N–H and O–H groups in total. The number of hydrogen-bond acceptors (Lipinski definition) is 3. The third-order valence-electron chi connectivity index (χ3n) is 6.92. The van der Waals surface area contributed by atoms with Crippen molar-refractivity contribution >= 4 is 11.9 Å². The minimum Gasteiger partial charge on any atom is -0.387 e. The van der Waals surface area contributed by atoms with Gasteiger partial charge in [0.25, 0.3) is 0 Å². The number of hydrogen-bond donors (Lipinski definition) is 2. The number of rotatable bonds is 5. The highest BCUT2D eigenvalue weighted by atomic mass is 19.4. The number of amides is 3. The highest BCUT2D eigenvalue weighted by Crippen LogP contribution is 2.39. The second kappa shape index (κ2) is 11.4. The van der Waals surface area contributed by atoms with Gasteiger partial charge in [-0.1, -0.05) is 6.07 Å². The zero-order chi connectivity index (χ0) is 29.3. The highest BCUT2D eigenvalue weighted by molar-refractivity contribution is 5.78. The summed E-state index contributed by atoms with van der Waals surface area (Å²) in [6.45, 7) is 2.28. The van der Waals surface area contributed by atoms with Gasteiger partial charge in [-0.2, -0.15) is 26.3 Å². The molecule has 1 fully saturated rings. The molecule has 39 heavy (non-hydrogen) atoms. The Balaban J connectivity index is 1.96. The molecule has 6 nitrogen and oxygen atoms in total. The summed E-state index contributed by atoms with van der Waals surface area (Å²) in [4.78, 5) is 27.8. The van der Waals surface area contributed by atoms with Crippen molar-refractivity contribution < 1.29 is 45.4 Å². The molecule has 0 radical (unpaired) electrons. The molecule has 13 heteroatoms. The van der Waals surface area contributed by atoms with E-state index < -0.39 is 66.0 Å². The SMILES string of the molecule is Cc1cc(F)ccc1[C@H]1C[C@@H](NC(=O)CO)CCN1C(=O)N(C)[C@@H](C)c1cc(C(F)(F)F)cc(C(F)(F)F)c1. The standard InChI is InChI=1S/C26H28F7N3O3/c1-14-8-19(27)4-5-21(14)22-12-20(34-23(38)13-37)6-7-36(22)24(39)35(3)15(2)16-9-17(25(28,29)30)11-18(10-16)26(31,32)33/h4-5,8-11,15,20,22,37H,6-7,12-13H2,1-3H3,(H,34,38)/t15-,20-,22+/m0/s1. The summed E-state index contributed by atoms with van der Waals surface area (Å²) in [5.74, 6) is -1.13. The molecule has 1 aliphatic rings. The molecule has 0 aromatic heterocycles. The number of aliphatic hydroxyl groups is 1. The van der Waals surface area contributed by atoms with Crippen LogP contribution in [0.5, 0.6) is 0 Å². The van der Waals surface area contributed by atoms with Crippen molar-refractivity contribution in [3.63, 3.8) is 0 Å². The number of nitrogens with zero attached hydrogens (tertiary/aromatic N) is 2. The minimum atomic E-state index is -5.04. The van der Waals surface area contributed by atoms with Crippen molar-refractivity contribution in [3.8, 4) is 0 Å². The van der Waals surface area contributed by atoms with Gasteiger partial charge in [-0.05, 0) is 73.7 Å². The lowest BCUT2D eigenvalue weighted by atomic mass is 9.89. The van der Waals surface area contributed by atoms with Crippen LogP contribution in [-0.2, 0) is 17.1 Å².